The summed E-state index contributed by atoms with van der Waals surface area (Å²) in [4.78, 5) is 16.0. The first-order valence-corrected chi connectivity index (χ1v) is 8.97. The normalized spacial score (nSPS) is 26.2. The first-order valence-electron chi connectivity index (χ1n) is 8.97. The Morgan fingerprint density at radius 2 is 2.08 bits per heavy atom. The number of hydrogen-bond acceptors (Lipinski definition) is 6. The number of nitrogens with zero attached hydrogens (tertiary/aromatic N) is 3. The number of primary amides is 1. The van der Waals surface area contributed by atoms with Crippen LogP contribution in [-0.2, 0) is 16.0 Å². The van der Waals surface area contributed by atoms with Crippen molar-refractivity contribution in [2.24, 2.45) is 5.73 Å². The van der Waals surface area contributed by atoms with E-state index in [2.05, 4.69) is 10.1 Å². The van der Waals surface area contributed by atoms with Crippen LogP contribution in [0.15, 0.2) is 18.2 Å². The van der Waals surface area contributed by atoms with Crippen LogP contribution in [0.4, 0.5) is 0 Å². The second-order valence-corrected chi connectivity index (χ2v) is 6.99. The number of fused-ring (bicyclic) bond motifs is 3. The summed E-state index contributed by atoms with van der Waals surface area (Å²) in [6.45, 7) is 1.07. The lowest BCUT2D eigenvalue weighted by molar-refractivity contribution is -0.117. The lowest BCUT2D eigenvalue weighted by Gasteiger charge is -2.21. The van der Waals surface area contributed by atoms with Gasteiger partial charge >= 0.3 is 0 Å². The molecule has 0 unspecified atom stereocenters. The highest BCUT2D eigenvalue weighted by atomic mass is 16.6. The van der Waals surface area contributed by atoms with Crippen molar-refractivity contribution in [1.29, 1.82) is 0 Å². The van der Waals surface area contributed by atoms with Crippen molar-refractivity contribution in [3.8, 4) is 17.2 Å². The zero-order valence-electron chi connectivity index (χ0n) is 14.3. The third-order valence-corrected chi connectivity index (χ3v) is 5.22. The molecule has 2 N–H and O–H groups in total. The summed E-state index contributed by atoms with van der Waals surface area (Å²) in [6.07, 6.45) is 3.56. The average Bonchev–Trinajstić information content (AvgIpc) is 3.36. The number of aromatic nitrogens is 3. The van der Waals surface area contributed by atoms with E-state index in [0.717, 1.165) is 36.5 Å². The van der Waals surface area contributed by atoms with Crippen LogP contribution in [0.3, 0.4) is 0 Å². The molecule has 2 saturated heterocycles. The molecule has 1 amide bonds. The number of amides is 1. The van der Waals surface area contributed by atoms with Gasteiger partial charge in [0.05, 0.1) is 24.3 Å². The molecule has 26 heavy (non-hydrogen) atoms. The molecule has 2 aromatic rings. The molecule has 0 saturated carbocycles. The van der Waals surface area contributed by atoms with E-state index in [4.69, 9.17) is 19.9 Å². The molecular formula is C18H20N4O4. The van der Waals surface area contributed by atoms with Gasteiger partial charge in [-0.2, -0.15) is 5.10 Å². The molecule has 3 aliphatic rings. The van der Waals surface area contributed by atoms with Crippen LogP contribution in [0, 0.1) is 0 Å². The molecule has 2 bridgehead atoms. The summed E-state index contributed by atoms with van der Waals surface area (Å²) >= 11 is 0. The molecule has 1 aromatic heterocycles. The van der Waals surface area contributed by atoms with Crippen LogP contribution in [0.2, 0.25) is 0 Å². The quantitative estimate of drug-likeness (QED) is 0.880. The fourth-order valence-electron chi connectivity index (χ4n) is 4.10. The Kier molecular flexibility index (Phi) is 3.59. The summed E-state index contributed by atoms with van der Waals surface area (Å²) in [6, 6.07) is 5.70. The van der Waals surface area contributed by atoms with Crippen molar-refractivity contribution >= 4 is 5.91 Å². The van der Waals surface area contributed by atoms with Crippen molar-refractivity contribution in [2.45, 2.75) is 43.8 Å². The SMILES string of the molecule is NC(=O)Cc1nc([C@H]2C[C@@H]3CC[C@H]2O3)n(-c2ccc3c(c2)OCCO3)n1. The van der Waals surface area contributed by atoms with Crippen molar-refractivity contribution in [3.63, 3.8) is 0 Å². The highest BCUT2D eigenvalue weighted by Gasteiger charge is 2.44. The van der Waals surface area contributed by atoms with Crippen LogP contribution < -0.4 is 15.2 Å². The molecule has 0 spiro atoms. The molecule has 5 rings (SSSR count). The monoisotopic (exact) mass is 356 g/mol. The maximum absolute atomic E-state index is 11.3. The third kappa shape index (κ3) is 2.61. The smallest absolute Gasteiger partial charge is 0.225 e. The van der Waals surface area contributed by atoms with E-state index < -0.39 is 5.91 Å². The molecule has 136 valence electrons. The Bertz CT molecular complexity index is 865. The zero-order chi connectivity index (χ0) is 17.7. The van der Waals surface area contributed by atoms with Crippen molar-refractivity contribution in [3.05, 3.63) is 29.8 Å². The van der Waals surface area contributed by atoms with Gasteiger partial charge in [-0.25, -0.2) is 9.67 Å². The highest BCUT2D eigenvalue weighted by molar-refractivity contribution is 5.75. The number of nitrogens with two attached hydrogens (primary N) is 1. The summed E-state index contributed by atoms with van der Waals surface area (Å²) in [5.41, 5.74) is 6.17. The second-order valence-electron chi connectivity index (χ2n) is 6.99. The zero-order valence-corrected chi connectivity index (χ0v) is 14.3. The van der Waals surface area contributed by atoms with E-state index in [1.165, 1.54) is 0 Å². The van der Waals surface area contributed by atoms with Crippen LogP contribution >= 0.6 is 0 Å². The van der Waals surface area contributed by atoms with E-state index in [0.29, 0.717) is 30.9 Å². The fraction of sp³-hybridized carbons (Fsp3) is 0.500. The Labute approximate surface area is 150 Å². The summed E-state index contributed by atoms with van der Waals surface area (Å²) in [7, 11) is 0. The lowest BCUT2D eigenvalue weighted by atomic mass is 9.88. The largest absolute Gasteiger partial charge is 0.486 e. The first-order chi connectivity index (χ1) is 12.7. The van der Waals surface area contributed by atoms with Gasteiger partial charge in [-0.1, -0.05) is 0 Å². The minimum absolute atomic E-state index is 0.0201. The lowest BCUT2D eigenvalue weighted by Crippen LogP contribution is -2.19. The maximum Gasteiger partial charge on any atom is 0.225 e. The molecule has 2 fully saturated rings. The molecule has 0 aliphatic carbocycles. The molecule has 4 heterocycles. The summed E-state index contributed by atoms with van der Waals surface area (Å²) < 4.78 is 19.1. The fourth-order valence-corrected chi connectivity index (χ4v) is 4.10. The van der Waals surface area contributed by atoms with Crippen LogP contribution in [-0.4, -0.2) is 46.1 Å². The number of carbonyl (C=O) groups excluding carboxylic acids is 1. The molecule has 3 atom stereocenters. The van der Waals surface area contributed by atoms with E-state index >= 15 is 0 Å². The number of ether oxygens (including phenoxy) is 3. The minimum atomic E-state index is -0.444. The molecular weight excluding hydrogens is 336 g/mol. The van der Waals surface area contributed by atoms with Crippen LogP contribution in [0.5, 0.6) is 11.5 Å². The maximum atomic E-state index is 11.3. The van der Waals surface area contributed by atoms with Crippen molar-refractivity contribution in [1.82, 2.24) is 14.8 Å². The van der Waals surface area contributed by atoms with Gasteiger partial charge in [0.1, 0.15) is 19.0 Å². The topological polar surface area (TPSA) is 101 Å². The van der Waals surface area contributed by atoms with Crippen LogP contribution in [0.1, 0.15) is 36.8 Å². The van der Waals surface area contributed by atoms with E-state index in [1.54, 1.807) is 4.68 Å². The number of rotatable bonds is 4. The summed E-state index contributed by atoms with van der Waals surface area (Å²) in [5, 5.41) is 4.55. The Morgan fingerprint density at radius 3 is 2.81 bits per heavy atom. The molecule has 3 aliphatic heterocycles. The Hall–Kier alpha value is -2.61. The number of carbonyl (C=O) groups is 1. The van der Waals surface area contributed by atoms with E-state index in [1.807, 2.05) is 18.2 Å². The van der Waals surface area contributed by atoms with Crippen LogP contribution in [0.25, 0.3) is 5.69 Å². The van der Waals surface area contributed by atoms with Gasteiger partial charge in [0.15, 0.2) is 17.3 Å². The molecule has 0 radical (unpaired) electrons. The predicted molar refractivity (Wildman–Crippen MR) is 90.5 cm³/mol. The standard InChI is InChI=1S/C18H20N4O4/c19-16(23)9-17-20-18(12-8-11-2-4-13(12)26-11)22(21-17)10-1-3-14-15(7-10)25-6-5-24-14/h1,3,7,11-13H,2,4-6,8-9H2,(H2,19,23)/t11-,12-,13+/m0/s1. The van der Waals surface area contributed by atoms with E-state index in [9.17, 15) is 4.79 Å². The van der Waals surface area contributed by atoms with Gasteiger partial charge in [0, 0.05) is 12.0 Å². The third-order valence-electron chi connectivity index (χ3n) is 5.22. The van der Waals surface area contributed by atoms with Gasteiger partial charge in [-0.05, 0) is 31.4 Å². The minimum Gasteiger partial charge on any atom is -0.486 e. The first kappa shape index (κ1) is 15.6. The van der Waals surface area contributed by atoms with Crippen molar-refractivity contribution in [2.75, 3.05) is 13.2 Å². The van der Waals surface area contributed by atoms with Gasteiger partial charge in [0.2, 0.25) is 5.91 Å². The second kappa shape index (κ2) is 5.98. The predicted octanol–water partition coefficient (Wildman–Crippen LogP) is 1.10. The average molecular weight is 356 g/mol. The molecule has 1 aromatic carbocycles. The van der Waals surface area contributed by atoms with Gasteiger partial charge < -0.3 is 19.9 Å². The molecule has 8 heteroatoms. The Morgan fingerprint density at radius 1 is 1.23 bits per heavy atom. The van der Waals surface area contributed by atoms with Gasteiger partial charge in [0.25, 0.3) is 0 Å². The number of hydrogen-bond donors (Lipinski definition) is 1. The highest BCUT2D eigenvalue weighted by Crippen LogP contribution is 2.44. The van der Waals surface area contributed by atoms with Crippen molar-refractivity contribution < 1.29 is 19.0 Å². The van der Waals surface area contributed by atoms with Gasteiger partial charge in [-0.3, -0.25) is 4.79 Å². The molecule has 8 nitrogen and oxygen atoms in total. The van der Waals surface area contributed by atoms with E-state index in [-0.39, 0.29) is 18.4 Å². The summed E-state index contributed by atoms with van der Waals surface area (Å²) in [5.74, 6) is 2.41. The van der Waals surface area contributed by atoms with Gasteiger partial charge in [-0.15, -0.1) is 0 Å². The Balaban J connectivity index is 1.56. The number of benzene rings is 1.